The number of esters is 1. The Hall–Kier alpha value is -3.55. The summed E-state index contributed by atoms with van der Waals surface area (Å²) < 4.78 is 15.9. The highest BCUT2D eigenvalue weighted by molar-refractivity contribution is 5.97. The van der Waals surface area contributed by atoms with Crippen LogP contribution in [0.1, 0.15) is 22.8 Å². The molecule has 0 aliphatic carbocycles. The molecule has 2 aromatic rings. The normalized spacial score (nSPS) is 13.2. The first-order valence-corrected chi connectivity index (χ1v) is 9.16. The molecule has 0 radical (unpaired) electrons. The number of nitrogens with one attached hydrogen (secondary N) is 2. The maximum atomic E-state index is 12.2. The third-order valence-electron chi connectivity index (χ3n) is 4.15. The quantitative estimate of drug-likeness (QED) is 0.722. The van der Waals surface area contributed by atoms with E-state index in [1.54, 1.807) is 36.4 Å². The molecule has 0 fully saturated rings. The summed E-state index contributed by atoms with van der Waals surface area (Å²) in [5.41, 5.74) is 1.88. The third kappa shape index (κ3) is 5.47. The SMILES string of the molecule is Cc1cccc(C(=O)N[C@@H](C)C(=O)OCC(=O)Nc2ccc3c(c2)OCCO3)c1. The Morgan fingerprint density at radius 2 is 1.83 bits per heavy atom. The van der Waals surface area contributed by atoms with Crippen molar-refractivity contribution in [1.29, 1.82) is 0 Å². The van der Waals surface area contributed by atoms with Crippen LogP contribution in [-0.2, 0) is 14.3 Å². The summed E-state index contributed by atoms with van der Waals surface area (Å²) in [5.74, 6) is -0.452. The summed E-state index contributed by atoms with van der Waals surface area (Å²) in [6.07, 6.45) is 0. The Labute approximate surface area is 168 Å². The third-order valence-corrected chi connectivity index (χ3v) is 4.15. The van der Waals surface area contributed by atoms with Crippen molar-refractivity contribution in [2.45, 2.75) is 19.9 Å². The second kappa shape index (κ2) is 9.09. The van der Waals surface area contributed by atoms with Crippen LogP contribution in [0.4, 0.5) is 5.69 Å². The Balaban J connectivity index is 1.47. The number of amides is 2. The van der Waals surface area contributed by atoms with E-state index < -0.39 is 24.5 Å². The van der Waals surface area contributed by atoms with E-state index in [1.165, 1.54) is 6.92 Å². The van der Waals surface area contributed by atoms with E-state index in [2.05, 4.69) is 10.6 Å². The van der Waals surface area contributed by atoms with Gasteiger partial charge in [-0.3, -0.25) is 9.59 Å². The van der Waals surface area contributed by atoms with E-state index in [-0.39, 0.29) is 5.91 Å². The summed E-state index contributed by atoms with van der Waals surface area (Å²) in [5, 5.41) is 5.18. The number of carbonyl (C=O) groups is 3. The average molecular weight is 398 g/mol. The molecule has 0 bridgehead atoms. The Kier molecular flexibility index (Phi) is 6.33. The van der Waals surface area contributed by atoms with Crippen LogP contribution >= 0.6 is 0 Å². The van der Waals surface area contributed by atoms with Crippen LogP contribution in [0.5, 0.6) is 11.5 Å². The zero-order chi connectivity index (χ0) is 20.8. The molecule has 1 aliphatic heterocycles. The predicted octanol–water partition coefficient (Wildman–Crippen LogP) is 2.07. The lowest BCUT2D eigenvalue weighted by Crippen LogP contribution is -2.40. The number of hydrogen-bond acceptors (Lipinski definition) is 6. The lowest BCUT2D eigenvalue weighted by molar-refractivity contribution is -0.148. The number of aryl methyl sites for hydroxylation is 1. The lowest BCUT2D eigenvalue weighted by atomic mass is 10.1. The molecular formula is C21H22N2O6. The monoisotopic (exact) mass is 398 g/mol. The van der Waals surface area contributed by atoms with E-state index in [4.69, 9.17) is 14.2 Å². The summed E-state index contributed by atoms with van der Waals surface area (Å²) in [7, 11) is 0. The van der Waals surface area contributed by atoms with Gasteiger partial charge in [0.1, 0.15) is 19.3 Å². The zero-order valence-corrected chi connectivity index (χ0v) is 16.2. The fourth-order valence-corrected chi connectivity index (χ4v) is 2.71. The second-order valence-electron chi connectivity index (χ2n) is 6.58. The summed E-state index contributed by atoms with van der Waals surface area (Å²) in [4.78, 5) is 36.3. The Morgan fingerprint density at radius 1 is 1.07 bits per heavy atom. The highest BCUT2D eigenvalue weighted by Gasteiger charge is 2.19. The molecule has 0 saturated carbocycles. The maximum Gasteiger partial charge on any atom is 0.328 e. The molecule has 1 atom stereocenters. The number of rotatable bonds is 6. The van der Waals surface area contributed by atoms with E-state index >= 15 is 0 Å². The molecule has 1 aliphatic rings. The van der Waals surface area contributed by atoms with E-state index in [0.717, 1.165) is 5.56 Å². The van der Waals surface area contributed by atoms with Gasteiger partial charge in [-0.05, 0) is 38.1 Å². The van der Waals surface area contributed by atoms with Crippen LogP contribution in [-0.4, -0.2) is 43.6 Å². The predicted molar refractivity (Wildman–Crippen MR) is 105 cm³/mol. The van der Waals surface area contributed by atoms with Crippen LogP contribution in [0, 0.1) is 6.92 Å². The van der Waals surface area contributed by atoms with Gasteiger partial charge in [0.05, 0.1) is 0 Å². The van der Waals surface area contributed by atoms with Crippen molar-refractivity contribution in [1.82, 2.24) is 5.32 Å². The van der Waals surface area contributed by atoms with Crippen LogP contribution in [0.3, 0.4) is 0 Å². The number of carbonyl (C=O) groups excluding carboxylic acids is 3. The molecule has 2 aromatic carbocycles. The molecule has 0 saturated heterocycles. The molecular weight excluding hydrogens is 376 g/mol. The van der Waals surface area contributed by atoms with Gasteiger partial charge in [0.2, 0.25) is 0 Å². The van der Waals surface area contributed by atoms with E-state index in [0.29, 0.717) is 36.0 Å². The van der Waals surface area contributed by atoms with Gasteiger partial charge in [0.15, 0.2) is 18.1 Å². The number of hydrogen-bond donors (Lipinski definition) is 2. The van der Waals surface area contributed by atoms with Crippen LogP contribution < -0.4 is 20.1 Å². The Bertz CT molecular complexity index is 927. The lowest BCUT2D eigenvalue weighted by Gasteiger charge is -2.19. The molecule has 2 amide bonds. The number of benzene rings is 2. The average Bonchev–Trinajstić information content (AvgIpc) is 2.71. The zero-order valence-electron chi connectivity index (χ0n) is 16.2. The van der Waals surface area contributed by atoms with Crippen molar-refractivity contribution >= 4 is 23.5 Å². The largest absolute Gasteiger partial charge is 0.486 e. The highest BCUT2D eigenvalue weighted by Crippen LogP contribution is 2.32. The minimum atomic E-state index is -0.898. The molecule has 0 aromatic heterocycles. The van der Waals surface area contributed by atoms with Crippen molar-refractivity contribution in [2.24, 2.45) is 0 Å². The summed E-state index contributed by atoms with van der Waals surface area (Å²) >= 11 is 0. The van der Waals surface area contributed by atoms with Gasteiger partial charge in [0.25, 0.3) is 11.8 Å². The molecule has 0 unspecified atom stereocenters. The first kappa shape index (κ1) is 20.2. The molecule has 0 spiro atoms. The van der Waals surface area contributed by atoms with Crippen molar-refractivity contribution in [3.05, 3.63) is 53.6 Å². The molecule has 8 heteroatoms. The number of ether oxygens (including phenoxy) is 3. The van der Waals surface area contributed by atoms with Crippen LogP contribution in [0.15, 0.2) is 42.5 Å². The van der Waals surface area contributed by atoms with Crippen LogP contribution in [0.2, 0.25) is 0 Å². The smallest absolute Gasteiger partial charge is 0.328 e. The fraction of sp³-hybridized carbons (Fsp3) is 0.286. The molecule has 152 valence electrons. The minimum Gasteiger partial charge on any atom is -0.486 e. The first-order valence-electron chi connectivity index (χ1n) is 9.16. The van der Waals surface area contributed by atoms with Gasteiger partial charge in [-0.15, -0.1) is 0 Å². The van der Waals surface area contributed by atoms with E-state index in [1.807, 2.05) is 13.0 Å². The van der Waals surface area contributed by atoms with Gasteiger partial charge in [-0.2, -0.15) is 0 Å². The van der Waals surface area contributed by atoms with Crippen molar-refractivity contribution in [3.8, 4) is 11.5 Å². The summed E-state index contributed by atoms with van der Waals surface area (Å²) in [6, 6.07) is 11.1. The fourth-order valence-electron chi connectivity index (χ4n) is 2.71. The molecule has 8 nitrogen and oxygen atoms in total. The van der Waals surface area contributed by atoms with Crippen molar-refractivity contribution in [2.75, 3.05) is 25.1 Å². The topological polar surface area (TPSA) is 103 Å². The van der Waals surface area contributed by atoms with Gasteiger partial charge in [-0.1, -0.05) is 17.7 Å². The first-order chi connectivity index (χ1) is 13.9. The minimum absolute atomic E-state index is 0.390. The number of anilines is 1. The molecule has 3 rings (SSSR count). The van der Waals surface area contributed by atoms with E-state index in [9.17, 15) is 14.4 Å². The second-order valence-corrected chi connectivity index (χ2v) is 6.58. The van der Waals surface area contributed by atoms with Crippen LogP contribution in [0.25, 0.3) is 0 Å². The van der Waals surface area contributed by atoms with Crippen molar-refractivity contribution in [3.63, 3.8) is 0 Å². The Morgan fingerprint density at radius 3 is 2.59 bits per heavy atom. The highest BCUT2D eigenvalue weighted by atomic mass is 16.6. The summed E-state index contributed by atoms with van der Waals surface area (Å²) in [6.45, 7) is 3.81. The van der Waals surface area contributed by atoms with Gasteiger partial charge in [-0.25, -0.2) is 4.79 Å². The molecule has 29 heavy (non-hydrogen) atoms. The van der Waals surface area contributed by atoms with Gasteiger partial charge >= 0.3 is 5.97 Å². The van der Waals surface area contributed by atoms with Gasteiger partial charge < -0.3 is 24.8 Å². The van der Waals surface area contributed by atoms with Crippen molar-refractivity contribution < 1.29 is 28.6 Å². The number of fused-ring (bicyclic) bond motifs is 1. The molecule has 1 heterocycles. The standard InChI is InChI=1S/C21H22N2O6/c1-13-4-3-5-15(10-13)20(25)22-14(2)21(26)29-12-19(24)23-16-6-7-17-18(11-16)28-9-8-27-17/h3-7,10-11,14H,8-9,12H2,1-2H3,(H,22,25)(H,23,24)/t14-/m0/s1. The van der Waals surface area contributed by atoms with Gasteiger partial charge in [0, 0.05) is 17.3 Å². The maximum absolute atomic E-state index is 12.2. The molecule has 2 N–H and O–H groups in total.